The number of thiazole rings is 1. The minimum Gasteiger partial charge on any atom is -0.494 e. The molecule has 1 aromatic heterocycles. The zero-order valence-electron chi connectivity index (χ0n) is 17.2. The third-order valence-corrected chi connectivity index (χ3v) is 6.51. The summed E-state index contributed by atoms with van der Waals surface area (Å²) in [5.74, 6) is 1.06. The second-order valence-electron chi connectivity index (χ2n) is 7.63. The Labute approximate surface area is 175 Å². The number of nitrogens with one attached hydrogen (secondary N) is 1. The fourth-order valence-corrected chi connectivity index (χ4v) is 4.85. The van der Waals surface area contributed by atoms with Gasteiger partial charge in [0.25, 0.3) is 0 Å². The highest BCUT2D eigenvalue weighted by Crippen LogP contribution is 2.33. The van der Waals surface area contributed by atoms with Gasteiger partial charge in [-0.2, -0.15) is 0 Å². The number of aromatic nitrogens is 1. The molecule has 0 saturated carbocycles. The monoisotopic (exact) mass is 409 g/mol. The Bertz CT molecular complexity index is 1020. The number of carbonyl (C=O) groups excluding carboxylic acids is 1. The number of ether oxygens (including phenoxy) is 1. The average molecular weight is 410 g/mol. The molecule has 152 valence electrons. The summed E-state index contributed by atoms with van der Waals surface area (Å²) < 4.78 is 6.73. The van der Waals surface area contributed by atoms with Crippen LogP contribution in [0.4, 0.5) is 10.8 Å². The molecule has 29 heavy (non-hydrogen) atoms. The Morgan fingerprint density at radius 2 is 2.00 bits per heavy atom. The molecule has 3 aromatic rings. The molecule has 1 N–H and O–H groups in total. The van der Waals surface area contributed by atoms with Crippen molar-refractivity contribution in [3.8, 4) is 5.75 Å². The zero-order valence-corrected chi connectivity index (χ0v) is 18.0. The lowest BCUT2D eigenvalue weighted by Gasteiger charge is -2.31. The number of carbonyl (C=O) groups is 1. The van der Waals surface area contributed by atoms with Crippen molar-refractivity contribution in [3.05, 3.63) is 47.5 Å². The summed E-state index contributed by atoms with van der Waals surface area (Å²) in [4.78, 5) is 19.8. The van der Waals surface area contributed by atoms with E-state index >= 15 is 0 Å². The standard InChI is InChI=1S/C23H27N3O2S/c1-4-28-18-6-8-20-21(14-18)29-23(25-20)26-11-9-17(10-12-26)22(27)24-19-7-5-15(2)13-16(19)3/h5-8,13-14,17H,4,9-12H2,1-3H3,(H,24,27). The van der Waals surface area contributed by atoms with Crippen molar-refractivity contribution in [1.29, 1.82) is 0 Å². The maximum atomic E-state index is 12.7. The van der Waals surface area contributed by atoms with Gasteiger partial charge in [0.2, 0.25) is 5.91 Å². The molecule has 2 aromatic carbocycles. The molecule has 1 aliphatic heterocycles. The second kappa shape index (κ2) is 8.41. The van der Waals surface area contributed by atoms with E-state index in [0.29, 0.717) is 6.61 Å². The molecule has 2 heterocycles. The highest BCUT2D eigenvalue weighted by molar-refractivity contribution is 7.22. The van der Waals surface area contributed by atoms with E-state index < -0.39 is 0 Å². The van der Waals surface area contributed by atoms with Gasteiger partial charge in [-0.15, -0.1) is 0 Å². The fraction of sp³-hybridized carbons (Fsp3) is 0.391. The maximum Gasteiger partial charge on any atom is 0.227 e. The SMILES string of the molecule is CCOc1ccc2nc(N3CCC(C(=O)Nc4ccc(C)cc4C)CC3)sc2c1. The van der Waals surface area contributed by atoms with Crippen molar-refractivity contribution in [2.75, 3.05) is 29.9 Å². The topological polar surface area (TPSA) is 54.5 Å². The first-order valence-electron chi connectivity index (χ1n) is 10.2. The average Bonchev–Trinajstić information content (AvgIpc) is 3.14. The Morgan fingerprint density at radius 3 is 2.72 bits per heavy atom. The molecule has 6 heteroatoms. The lowest BCUT2D eigenvalue weighted by atomic mass is 9.96. The molecule has 0 aliphatic carbocycles. The van der Waals surface area contributed by atoms with Gasteiger partial charge in [-0.05, 0) is 63.4 Å². The number of benzene rings is 2. The maximum absolute atomic E-state index is 12.7. The normalized spacial score (nSPS) is 14.9. The smallest absolute Gasteiger partial charge is 0.227 e. The lowest BCUT2D eigenvalue weighted by molar-refractivity contribution is -0.120. The Balaban J connectivity index is 1.38. The van der Waals surface area contributed by atoms with Gasteiger partial charge < -0.3 is 15.0 Å². The number of fused-ring (bicyclic) bond motifs is 1. The van der Waals surface area contributed by atoms with Crippen LogP contribution in [0.5, 0.6) is 5.75 Å². The molecule has 5 nitrogen and oxygen atoms in total. The van der Waals surface area contributed by atoms with Crippen molar-refractivity contribution in [3.63, 3.8) is 0 Å². The van der Waals surface area contributed by atoms with Gasteiger partial charge in [0.05, 0.1) is 16.8 Å². The molecule has 1 aliphatic rings. The fourth-order valence-electron chi connectivity index (χ4n) is 3.81. The van der Waals surface area contributed by atoms with E-state index in [1.165, 1.54) is 5.56 Å². The number of nitrogens with zero attached hydrogens (tertiary/aromatic N) is 2. The first kappa shape index (κ1) is 19.7. The molecule has 1 amide bonds. The summed E-state index contributed by atoms with van der Waals surface area (Å²) in [6.07, 6.45) is 1.69. The van der Waals surface area contributed by atoms with Crippen molar-refractivity contribution in [2.45, 2.75) is 33.6 Å². The molecule has 0 atom stereocenters. The van der Waals surface area contributed by atoms with Crippen LogP contribution in [0.3, 0.4) is 0 Å². The van der Waals surface area contributed by atoms with E-state index in [1.807, 2.05) is 38.1 Å². The van der Waals surface area contributed by atoms with Crippen LogP contribution in [0.2, 0.25) is 0 Å². The van der Waals surface area contributed by atoms with Crippen molar-refractivity contribution in [1.82, 2.24) is 4.98 Å². The van der Waals surface area contributed by atoms with Gasteiger partial charge in [0.15, 0.2) is 5.13 Å². The molecular weight excluding hydrogens is 382 g/mol. The molecule has 0 unspecified atom stereocenters. The Hall–Kier alpha value is -2.60. The van der Waals surface area contributed by atoms with Crippen LogP contribution >= 0.6 is 11.3 Å². The summed E-state index contributed by atoms with van der Waals surface area (Å²) in [7, 11) is 0. The van der Waals surface area contributed by atoms with E-state index in [-0.39, 0.29) is 11.8 Å². The lowest BCUT2D eigenvalue weighted by Crippen LogP contribution is -2.38. The summed E-state index contributed by atoms with van der Waals surface area (Å²) >= 11 is 1.69. The van der Waals surface area contributed by atoms with Crippen LogP contribution in [-0.4, -0.2) is 30.6 Å². The van der Waals surface area contributed by atoms with Crippen LogP contribution in [0.15, 0.2) is 36.4 Å². The van der Waals surface area contributed by atoms with Crippen LogP contribution in [0.25, 0.3) is 10.2 Å². The van der Waals surface area contributed by atoms with E-state index in [4.69, 9.17) is 9.72 Å². The largest absolute Gasteiger partial charge is 0.494 e. The number of amides is 1. The first-order valence-corrected chi connectivity index (χ1v) is 11.0. The molecule has 1 saturated heterocycles. The predicted molar refractivity (Wildman–Crippen MR) is 120 cm³/mol. The van der Waals surface area contributed by atoms with E-state index in [9.17, 15) is 4.79 Å². The van der Waals surface area contributed by atoms with Crippen molar-refractivity contribution < 1.29 is 9.53 Å². The van der Waals surface area contributed by atoms with Gasteiger partial charge in [-0.25, -0.2) is 4.98 Å². The number of hydrogen-bond donors (Lipinski definition) is 1. The first-order chi connectivity index (χ1) is 14.0. The zero-order chi connectivity index (χ0) is 20.4. The van der Waals surface area contributed by atoms with Gasteiger partial charge in [0.1, 0.15) is 5.75 Å². The molecule has 1 fully saturated rings. The molecule has 0 radical (unpaired) electrons. The predicted octanol–water partition coefficient (Wildman–Crippen LogP) is 5.17. The molecular formula is C23H27N3O2S. The third-order valence-electron chi connectivity index (χ3n) is 5.44. The van der Waals surface area contributed by atoms with Crippen LogP contribution in [-0.2, 0) is 4.79 Å². The summed E-state index contributed by atoms with van der Waals surface area (Å²) in [6, 6.07) is 12.2. The van der Waals surface area contributed by atoms with Gasteiger partial charge in [-0.3, -0.25) is 4.79 Å². The number of anilines is 2. The van der Waals surface area contributed by atoms with E-state index in [0.717, 1.165) is 58.3 Å². The number of rotatable bonds is 5. The second-order valence-corrected chi connectivity index (χ2v) is 8.64. The minimum absolute atomic E-state index is 0.0471. The molecule has 0 spiro atoms. The van der Waals surface area contributed by atoms with Crippen molar-refractivity contribution >= 4 is 38.3 Å². The van der Waals surface area contributed by atoms with E-state index in [2.05, 4.69) is 29.3 Å². The van der Waals surface area contributed by atoms with Gasteiger partial charge in [-0.1, -0.05) is 29.0 Å². The third kappa shape index (κ3) is 4.37. The number of hydrogen-bond acceptors (Lipinski definition) is 5. The quantitative estimate of drug-likeness (QED) is 0.632. The number of aryl methyl sites for hydroxylation is 2. The highest BCUT2D eigenvalue weighted by Gasteiger charge is 2.26. The molecule has 0 bridgehead atoms. The van der Waals surface area contributed by atoms with Crippen LogP contribution in [0, 0.1) is 19.8 Å². The van der Waals surface area contributed by atoms with E-state index in [1.54, 1.807) is 11.3 Å². The minimum atomic E-state index is 0.0471. The van der Waals surface area contributed by atoms with Gasteiger partial charge >= 0.3 is 0 Å². The summed E-state index contributed by atoms with van der Waals surface area (Å²) in [6.45, 7) is 8.45. The Kier molecular flexibility index (Phi) is 5.72. The summed E-state index contributed by atoms with van der Waals surface area (Å²) in [5, 5.41) is 4.15. The number of piperidine rings is 1. The molecule has 4 rings (SSSR count). The Morgan fingerprint density at radius 1 is 1.21 bits per heavy atom. The van der Waals surface area contributed by atoms with Crippen molar-refractivity contribution in [2.24, 2.45) is 5.92 Å². The van der Waals surface area contributed by atoms with Gasteiger partial charge in [0, 0.05) is 24.7 Å². The van der Waals surface area contributed by atoms with Crippen LogP contribution < -0.4 is 15.0 Å². The van der Waals surface area contributed by atoms with Crippen LogP contribution in [0.1, 0.15) is 30.9 Å². The summed E-state index contributed by atoms with van der Waals surface area (Å²) in [5.41, 5.74) is 4.23. The highest BCUT2D eigenvalue weighted by atomic mass is 32.1.